The van der Waals surface area contributed by atoms with Gasteiger partial charge in [0.05, 0.1) is 12.6 Å². The van der Waals surface area contributed by atoms with Crippen molar-refractivity contribution in [3.8, 4) is 0 Å². The molecule has 2 aromatic carbocycles. The highest BCUT2D eigenvalue weighted by atomic mass is 28.3. The lowest BCUT2D eigenvalue weighted by atomic mass is 9.83. The third-order valence-corrected chi connectivity index (χ3v) is 12.2. The summed E-state index contributed by atoms with van der Waals surface area (Å²) in [4.78, 5) is 34.6. The third kappa shape index (κ3) is 6.98. The number of amides is 2. The van der Waals surface area contributed by atoms with Crippen LogP contribution in [-0.2, 0) is 11.3 Å². The smallest absolute Gasteiger partial charge is 0.275 e. The highest BCUT2D eigenvalue weighted by Gasteiger charge is 2.53. The molecule has 1 atom stereocenters. The van der Waals surface area contributed by atoms with Crippen LogP contribution in [0, 0.1) is 11.2 Å². The van der Waals surface area contributed by atoms with Crippen molar-refractivity contribution in [2.24, 2.45) is 10.4 Å². The van der Waals surface area contributed by atoms with Crippen molar-refractivity contribution in [2.75, 3.05) is 0 Å². The van der Waals surface area contributed by atoms with Crippen LogP contribution in [0.15, 0.2) is 53.5 Å². The molecule has 2 N–H and O–H groups in total. The molecule has 5 rings (SSSR count). The van der Waals surface area contributed by atoms with Crippen molar-refractivity contribution >= 4 is 25.6 Å². The highest BCUT2D eigenvalue weighted by Crippen LogP contribution is 2.50. The first-order valence-electron chi connectivity index (χ1n) is 15.6. The van der Waals surface area contributed by atoms with Crippen LogP contribution in [0.25, 0.3) is 0 Å². The normalized spacial score (nSPS) is 21.4. The van der Waals surface area contributed by atoms with Crippen LogP contribution in [0.4, 0.5) is 4.39 Å². The van der Waals surface area contributed by atoms with Gasteiger partial charge in [0.1, 0.15) is 17.2 Å². The number of carbonyl (C=O) groups is 2. The summed E-state index contributed by atoms with van der Waals surface area (Å²) in [7, 11) is -1.38. The summed E-state index contributed by atoms with van der Waals surface area (Å²) in [5, 5.41) is 16.5. The van der Waals surface area contributed by atoms with Gasteiger partial charge in [-0.15, -0.1) is 10.2 Å². The monoisotopic (exact) mass is 617 g/mol. The number of halogens is 1. The van der Waals surface area contributed by atoms with Crippen LogP contribution >= 0.6 is 0 Å². The summed E-state index contributed by atoms with van der Waals surface area (Å²) in [6, 6.07) is 13.5. The molecule has 2 amide bonds. The van der Waals surface area contributed by atoms with E-state index in [9.17, 15) is 14.0 Å². The minimum Gasteiger partial charge on any atom is -0.345 e. The fraction of sp³-hybridized carbons (Fsp3) is 0.515. The van der Waals surface area contributed by atoms with E-state index >= 15 is 0 Å². The van der Waals surface area contributed by atoms with Crippen molar-refractivity contribution in [1.82, 2.24) is 30.8 Å². The quantitative estimate of drug-likeness (QED) is 0.268. The summed E-state index contributed by atoms with van der Waals surface area (Å²) < 4.78 is 14.4. The molecule has 2 aliphatic rings. The van der Waals surface area contributed by atoms with Crippen LogP contribution in [0.2, 0.25) is 25.2 Å². The van der Waals surface area contributed by atoms with Gasteiger partial charge >= 0.3 is 0 Å². The number of carbonyl (C=O) groups excluding carboxylic acids is 2. The van der Waals surface area contributed by atoms with E-state index in [2.05, 4.69) is 66.4 Å². The van der Waals surface area contributed by atoms with E-state index in [0.717, 1.165) is 44.1 Å². The van der Waals surface area contributed by atoms with Gasteiger partial charge in [-0.3, -0.25) is 14.6 Å². The number of aliphatic imine (C=N–C) groups is 1. The van der Waals surface area contributed by atoms with E-state index < -0.39 is 13.7 Å². The Kier molecular flexibility index (Phi) is 8.88. The van der Waals surface area contributed by atoms with Crippen molar-refractivity contribution in [1.29, 1.82) is 0 Å². The number of H-pyrrole nitrogens is 1. The molecule has 0 radical (unpaired) electrons. The van der Waals surface area contributed by atoms with Crippen LogP contribution in [0.5, 0.6) is 0 Å². The number of hydrogen-bond acceptors (Lipinski definition) is 6. The molecule has 0 bridgehead atoms. The maximum Gasteiger partial charge on any atom is 0.275 e. The zero-order valence-electron chi connectivity index (χ0n) is 26.7. The highest BCUT2D eigenvalue weighted by molar-refractivity contribution is 6.77. The van der Waals surface area contributed by atoms with Crippen molar-refractivity contribution in [2.45, 2.75) is 103 Å². The number of hydrogen-bond donors (Lipinski definition) is 2. The largest absolute Gasteiger partial charge is 0.345 e. The van der Waals surface area contributed by atoms with Gasteiger partial charge in [-0.2, -0.15) is 5.21 Å². The second-order valence-electron chi connectivity index (χ2n) is 14.5. The van der Waals surface area contributed by atoms with Crippen molar-refractivity contribution < 1.29 is 14.0 Å². The summed E-state index contributed by atoms with van der Waals surface area (Å²) >= 11 is 0. The van der Waals surface area contributed by atoms with E-state index in [1.807, 2.05) is 17.0 Å². The maximum absolute atomic E-state index is 14.5. The number of aromatic nitrogens is 4. The van der Waals surface area contributed by atoms with Gasteiger partial charge in [-0.1, -0.05) is 69.9 Å². The Hall–Kier alpha value is -3.73. The second-order valence-corrected chi connectivity index (χ2v) is 20.1. The summed E-state index contributed by atoms with van der Waals surface area (Å²) in [5.41, 5.74) is 2.35. The number of benzene rings is 2. The molecule has 1 fully saturated rings. The van der Waals surface area contributed by atoms with Crippen molar-refractivity contribution in [3.05, 3.63) is 76.9 Å². The molecule has 0 unspecified atom stereocenters. The lowest BCUT2D eigenvalue weighted by Gasteiger charge is -2.47. The molecule has 1 spiro atoms. The summed E-state index contributed by atoms with van der Waals surface area (Å²) in [6.45, 7) is 14.0. The Morgan fingerprint density at radius 3 is 2.43 bits per heavy atom. The molecule has 11 heteroatoms. The second kappa shape index (κ2) is 12.3. The van der Waals surface area contributed by atoms with E-state index in [-0.39, 0.29) is 35.6 Å². The topological polar surface area (TPSA) is 116 Å². The molecule has 1 saturated carbocycles. The lowest BCUT2D eigenvalue weighted by molar-refractivity contribution is -0.133. The zero-order chi connectivity index (χ0) is 31.7. The van der Waals surface area contributed by atoms with E-state index in [1.54, 1.807) is 24.3 Å². The summed E-state index contributed by atoms with van der Waals surface area (Å²) in [6.07, 6.45) is 5.24. The van der Waals surface area contributed by atoms with Gasteiger partial charge in [-0.05, 0) is 79.3 Å². The predicted octanol–water partition coefficient (Wildman–Crippen LogP) is 6.45. The number of tetrazole rings is 1. The maximum atomic E-state index is 14.5. The van der Waals surface area contributed by atoms with Gasteiger partial charge in [-0.25, -0.2) is 4.39 Å². The minimum atomic E-state index is -1.38. The Bertz CT molecular complexity index is 1500. The third-order valence-electron chi connectivity index (χ3n) is 9.13. The SMILES string of the molecule is CC(C)(C)CC[C@H](c1ccc(C(=O)NCc2nn[nH]n2)cc1)N1C(=O)C(c2cccc(F)c2)=NC12CCC([Si](C)(C)C)CC2. The molecule has 3 aromatic rings. The first kappa shape index (κ1) is 31.7. The number of rotatable bonds is 9. The molecule has 1 aromatic heterocycles. The first-order valence-corrected chi connectivity index (χ1v) is 19.1. The van der Waals surface area contributed by atoms with Crippen LogP contribution in [-0.4, -0.2) is 56.8 Å². The van der Waals surface area contributed by atoms with Gasteiger partial charge < -0.3 is 10.2 Å². The fourth-order valence-electron chi connectivity index (χ4n) is 6.56. The van der Waals surface area contributed by atoms with Crippen LogP contribution < -0.4 is 5.32 Å². The standard InChI is InChI=1S/C33H44FN7O2Si/c1-32(2,3)17-16-27(22-10-12-23(13-11-22)30(42)35-21-28-37-39-40-38-28)41-31(43)29(24-8-7-9-25(34)20-24)36-33(41)18-14-26(15-19-33)44(4,5)6/h7-13,20,26-27H,14-19,21H2,1-6H3,(H,35,42)(H,37,38,39,40)/t26?,27-,33?/m1/s1. The van der Waals surface area contributed by atoms with E-state index in [0.29, 0.717) is 28.2 Å². The van der Waals surface area contributed by atoms with Gasteiger partial charge in [0.2, 0.25) is 0 Å². The molecule has 1 aliphatic heterocycles. The molecule has 234 valence electrons. The molecular formula is C33H44FN7O2Si. The van der Waals surface area contributed by atoms with Gasteiger partial charge in [0, 0.05) is 19.2 Å². The van der Waals surface area contributed by atoms with E-state index in [1.165, 1.54) is 12.1 Å². The van der Waals surface area contributed by atoms with Crippen LogP contribution in [0.3, 0.4) is 0 Å². The molecule has 9 nitrogen and oxygen atoms in total. The van der Waals surface area contributed by atoms with Gasteiger partial charge in [0.15, 0.2) is 5.82 Å². The Balaban J connectivity index is 1.49. The van der Waals surface area contributed by atoms with Crippen molar-refractivity contribution in [3.63, 3.8) is 0 Å². The molecule has 2 heterocycles. The minimum absolute atomic E-state index is 0.0465. The molecule has 1 aliphatic carbocycles. The Morgan fingerprint density at radius 2 is 1.84 bits per heavy atom. The average molecular weight is 618 g/mol. The van der Waals surface area contributed by atoms with Gasteiger partial charge in [0.25, 0.3) is 11.8 Å². The van der Waals surface area contributed by atoms with Crippen LogP contribution in [0.1, 0.15) is 92.6 Å². The molecule has 44 heavy (non-hydrogen) atoms. The Labute approximate surface area is 260 Å². The fourth-order valence-corrected chi connectivity index (χ4v) is 8.58. The summed E-state index contributed by atoms with van der Waals surface area (Å²) in [5.74, 6) is -0.385. The van der Waals surface area contributed by atoms with E-state index in [4.69, 9.17) is 4.99 Å². The molecule has 0 saturated heterocycles. The lowest BCUT2D eigenvalue weighted by Crippen LogP contribution is -2.51. The first-order chi connectivity index (χ1) is 20.8. The number of nitrogens with one attached hydrogen (secondary N) is 2. The number of nitrogens with zero attached hydrogens (tertiary/aromatic N) is 5. The molecular weight excluding hydrogens is 573 g/mol. The average Bonchev–Trinajstić information content (AvgIpc) is 3.58. The predicted molar refractivity (Wildman–Crippen MR) is 171 cm³/mol. The number of aromatic amines is 1. The Morgan fingerprint density at radius 1 is 1.14 bits per heavy atom. The zero-order valence-corrected chi connectivity index (χ0v) is 27.7.